The van der Waals surface area contributed by atoms with Gasteiger partial charge in [0.1, 0.15) is 11.6 Å². The SMILES string of the molecule is CC(C)c1cnc(CN2CCC(c3nnc4ccc(N5CCC5)nn34)CC2)o1. The molecule has 148 valence electrons. The summed E-state index contributed by atoms with van der Waals surface area (Å²) in [7, 11) is 0. The highest BCUT2D eigenvalue weighted by atomic mass is 16.4. The van der Waals surface area contributed by atoms with Crippen LogP contribution in [-0.4, -0.2) is 55.9 Å². The maximum absolute atomic E-state index is 5.86. The Morgan fingerprint density at radius 2 is 1.93 bits per heavy atom. The molecule has 0 N–H and O–H groups in total. The summed E-state index contributed by atoms with van der Waals surface area (Å²) in [6.07, 6.45) is 5.20. The van der Waals surface area contributed by atoms with Gasteiger partial charge in [0.15, 0.2) is 11.5 Å². The Morgan fingerprint density at radius 3 is 2.61 bits per heavy atom. The number of nitrogens with zero attached hydrogens (tertiary/aromatic N) is 7. The Labute approximate surface area is 164 Å². The van der Waals surface area contributed by atoms with Gasteiger partial charge < -0.3 is 9.32 Å². The normalized spacial score (nSPS) is 18.9. The fourth-order valence-corrected chi connectivity index (χ4v) is 3.97. The topological polar surface area (TPSA) is 75.6 Å². The van der Waals surface area contributed by atoms with Crippen molar-refractivity contribution >= 4 is 11.5 Å². The molecule has 0 atom stereocenters. The number of oxazole rings is 1. The van der Waals surface area contributed by atoms with Crippen LogP contribution in [-0.2, 0) is 6.54 Å². The van der Waals surface area contributed by atoms with Crippen LogP contribution in [0.25, 0.3) is 5.65 Å². The summed E-state index contributed by atoms with van der Waals surface area (Å²) in [5, 5.41) is 13.6. The van der Waals surface area contributed by atoms with Gasteiger partial charge >= 0.3 is 0 Å². The van der Waals surface area contributed by atoms with Crippen molar-refractivity contribution in [1.29, 1.82) is 0 Å². The Kier molecular flexibility index (Phi) is 4.50. The minimum Gasteiger partial charge on any atom is -0.444 e. The summed E-state index contributed by atoms with van der Waals surface area (Å²) in [6.45, 7) is 9.22. The van der Waals surface area contributed by atoms with Gasteiger partial charge in [-0.05, 0) is 44.5 Å². The molecule has 0 saturated carbocycles. The Hall–Kier alpha value is -2.48. The van der Waals surface area contributed by atoms with E-state index in [1.54, 1.807) is 0 Å². The quantitative estimate of drug-likeness (QED) is 0.673. The Bertz CT molecular complexity index is 951. The van der Waals surface area contributed by atoms with Gasteiger partial charge in [-0.15, -0.1) is 15.3 Å². The highest BCUT2D eigenvalue weighted by molar-refractivity contribution is 5.47. The number of aromatic nitrogens is 5. The summed E-state index contributed by atoms with van der Waals surface area (Å²) >= 11 is 0. The van der Waals surface area contributed by atoms with Crippen molar-refractivity contribution in [2.45, 2.75) is 51.5 Å². The molecule has 2 fully saturated rings. The summed E-state index contributed by atoms with van der Waals surface area (Å²) in [4.78, 5) is 9.14. The molecule has 3 aromatic heterocycles. The summed E-state index contributed by atoms with van der Waals surface area (Å²) in [5.41, 5.74) is 0.836. The lowest BCUT2D eigenvalue weighted by molar-refractivity contribution is 0.183. The number of hydrogen-bond donors (Lipinski definition) is 0. The highest BCUT2D eigenvalue weighted by Gasteiger charge is 2.26. The summed E-state index contributed by atoms with van der Waals surface area (Å²) in [6, 6.07) is 4.08. The average molecular weight is 381 g/mol. The van der Waals surface area contributed by atoms with Crippen LogP contribution in [0.5, 0.6) is 0 Å². The van der Waals surface area contributed by atoms with Gasteiger partial charge in [0.2, 0.25) is 5.89 Å². The zero-order valence-corrected chi connectivity index (χ0v) is 16.6. The van der Waals surface area contributed by atoms with Crippen LogP contribution in [0, 0.1) is 0 Å². The van der Waals surface area contributed by atoms with Gasteiger partial charge in [0.05, 0.1) is 12.7 Å². The van der Waals surface area contributed by atoms with Crippen molar-refractivity contribution in [2.75, 3.05) is 31.1 Å². The van der Waals surface area contributed by atoms with E-state index in [2.05, 4.69) is 44.9 Å². The van der Waals surface area contributed by atoms with Crippen molar-refractivity contribution in [3.63, 3.8) is 0 Å². The van der Waals surface area contributed by atoms with E-state index >= 15 is 0 Å². The molecule has 0 unspecified atom stereocenters. The molecular weight excluding hydrogens is 354 g/mol. The van der Waals surface area contributed by atoms with Gasteiger partial charge in [0.25, 0.3) is 0 Å². The minimum atomic E-state index is 0.377. The first-order valence-corrected chi connectivity index (χ1v) is 10.3. The number of piperidine rings is 1. The van der Waals surface area contributed by atoms with Gasteiger partial charge in [-0.2, -0.15) is 4.52 Å². The Balaban J connectivity index is 1.26. The molecule has 0 bridgehead atoms. The van der Waals surface area contributed by atoms with E-state index in [0.717, 1.165) is 74.5 Å². The molecule has 8 heteroatoms. The zero-order chi connectivity index (χ0) is 19.1. The van der Waals surface area contributed by atoms with E-state index in [9.17, 15) is 0 Å². The minimum absolute atomic E-state index is 0.377. The molecule has 2 aliphatic heterocycles. The first-order valence-electron chi connectivity index (χ1n) is 10.3. The van der Waals surface area contributed by atoms with Crippen molar-refractivity contribution in [2.24, 2.45) is 0 Å². The number of anilines is 1. The van der Waals surface area contributed by atoms with Crippen LogP contribution in [0.2, 0.25) is 0 Å². The smallest absolute Gasteiger partial charge is 0.208 e. The van der Waals surface area contributed by atoms with Crippen LogP contribution in [0.3, 0.4) is 0 Å². The third-order valence-corrected chi connectivity index (χ3v) is 5.90. The van der Waals surface area contributed by atoms with E-state index in [1.807, 2.05) is 16.8 Å². The van der Waals surface area contributed by atoms with E-state index < -0.39 is 0 Å². The molecule has 0 amide bonds. The lowest BCUT2D eigenvalue weighted by Gasteiger charge is -2.32. The zero-order valence-electron chi connectivity index (χ0n) is 16.6. The van der Waals surface area contributed by atoms with Gasteiger partial charge in [0, 0.05) is 24.9 Å². The molecular formula is C20H27N7O. The lowest BCUT2D eigenvalue weighted by atomic mass is 9.96. The van der Waals surface area contributed by atoms with Crippen LogP contribution in [0.4, 0.5) is 5.82 Å². The second-order valence-electron chi connectivity index (χ2n) is 8.22. The second kappa shape index (κ2) is 7.16. The third kappa shape index (κ3) is 3.26. The lowest BCUT2D eigenvalue weighted by Crippen LogP contribution is -2.38. The van der Waals surface area contributed by atoms with Crippen molar-refractivity contribution in [3.8, 4) is 0 Å². The Morgan fingerprint density at radius 1 is 1.11 bits per heavy atom. The van der Waals surface area contributed by atoms with Crippen molar-refractivity contribution in [3.05, 3.63) is 35.8 Å². The molecule has 5 rings (SSSR count). The molecule has 3 aromatic rings. The van der Waals surface area contributed by atoms with Crippen LogP contribution < -0.4 is 4.90 Å². The molecule has 8 nitrogen and oxygen atoms in total. The van der Waals surface area contributed by atoms with E-state index in [-0.39, 0.29) is 0 Å². The van der Waals surface area contributed by atoms with E-state index in [4.69, 9.17) is 9.52 Å². The van der Waals surface area contributed by atoms with Crippen LogP contribution in [0.15, 0.2) is 22.7 Å². The average Bonchev–Trinajstić information content (AvgIpc) is 3.28. The van der Waals surface area contributed by atoms with Gasteiger partial charge in [-0.1, -0.05) is 13.8 Å². The standard InChI is InChI=1S/C20H27N7O/c1-14(2)16-12-21-19(28-16)13-25-10-6-15(7-11-25)20-23-22-17-4-5-18(24-27(17)20)26-8-3-9-26/h4-5,12,14-15H,3,6-11,13H2,1-2H3. The number of likely N-dealkylation sites (tertiary alicyclic amines) is 1. The predicted molar refractivity (Wildman–Crippen MR) is 105 cm³/mol. The second-order valence-corrected chi connectivity index (χ2v) is 8.22. The molecule has 0 radical (unpaired) electrons. The van der Waals surface area contributed by atoms with Crippen molar-refractivity contribution < 1.29 is 4.42 Å². The number of rotatable bonds is 5. The van der Waals surface area contributed by atoms with Gasteiger partial charge in [-0.3, -0.25) is 4.90 Å². The fourth-order valence-electron chi connectivity index (χ4n) is 3.97. The van der Waals surface area contributed by atoms with E-state index in [0.29, 0.717) is 11.8 Å². The maximum Gasteiger partial charge on any atom is 0.208 e. The van der Waals surface area contributed by atoms with E-state index in [1.165, 1.54) is 6.42 Å². The van der Waals surface area contributed by atoms with Crippen LogP contribution in [0.1, 0.15) is 62.4 Å². The molecule has 28 heavy (non-hydrogen) atoms. The maximum atomic E-state index is 5.86. The van der Waals surface area contributed by atoms with Crippen molar-refractivity contribution in [1.82, 2.24) is 29.7 Å². The van der Waals surface area contributed by atoms with Crippen LogP contribution >= 0.6 is 0 Å². The molecule has 2 aliphatic rings. The molecule has 0 aliphatic carbocycles. The molecule has 0 aromatic carbocycles. The summed E-state index contributed by atoms with van der Waals surface area (Å²) < 4.78 is 7.82. The predicted octanol–water partition coefficient (Wildman–Crippen LogP) is 2.83. The largest absolute Gasteiger partial charge is 0.444 e. The molecule has 5 heterocycles. The first-order chi connectivity index (χ1) is 13.7. The fraction of sp³-hybridized carbons (Fsp3) is 0.600. The highest BCUT2D eigenvalue weighted by Crippen LogP contribution is 2.28. The molecule has 0 spiro atoms. The molecule has 2 saturated heterocycles. The number of fused-ring (bicyclic) bond motifs is 1. The number of hydrogen-bond acceptors (Lipinski definition) is 7. The monoisotopic (exact) mass is 381 g/mol. The first kappa shape index (κ1) is 17.6. The third-order valence-electron chi connectivity index (χ3n) is 5.90. The summed E-state index contributed by atoms with van der Waals surface area (Å²) in [5.74, 6) is 4.57. The van der Waals surface area contributed by atoms with Gasteiger partial charge in [-0.25, -0.2) is 4.98 Å².